The molecule has 114 valence electrons. The standard InChI is InChI=1S/C11H12N2O.C2HF3O2/c14-11(9-3-1-2-4-13-9)10-7-5-12-6-8(7)10;3-2(4,5)1(6)7/h1-4,7-8,10,12H,5-6H2;(H,6,7)/t7-,8+,10?;. The minimum atomic E-state index is -5.08. The van der Waals surface area contributed by atoms with Crippen molar-refractivity contribution in [2.45, 2.75) is 6.18 Å². The van der Waals surface area contributed by atoms with E-state index in [4.69, 9.17) is 9.90 Å². The number of alkyl halides is 3. The van der Waals surface area contributed by atoms with Gasteiger partial charge in [-0.2, -0.15) is 13.2 Å². The van der Waals surface area contributed by atoms with Crippen molar-refractivity contribution < 1.29 is 27.9 Å². The molecule has 0 spiro atoms. The lowest BCUT2D eigenvalue weighted by atomic mass is 10.1. The van der Waals surface area contributed by atoms with Crippen LogP contribution in [0, 0.1) is 17.8 Å². The van der Waals surface area contributed by atoms with Gasteiger partial charge < -0.3 is 10.4 Å². The largest absolute Gasteiger partial charge is 0.490 e. The Kier molecular flexibility index (Phi) is 4.26. The first-order valence-corrected chi connectivity index (χ1v) is 6.28. The predicted molar refractivity (Wildman–Crippen MR) is 65.6 cm³/mol. The SMILES string of the molecule is O=C(O)C(F)(F)F.O=C(c1ccccn1)C1[C@H]2CNC[C@@H]12. The van der Waals surface area contributed by atoms with E-state index in [1.807, 2.05) is 18.2 Å². The van der Waals surface area contributed by atoms with E-state index < -0.39 is 12.1 Å². The van der Waals surface area contributed by atoms with E-state index in [1.165, 1.54) is 0 Å². The van der Waals surface area contributed by atoms with Crippen LogP contribution in [0.5, 0.6) is 0 Å². The van der Waals surface area contributed by atoms with Gasteiger partial charge in [0.05, 0.1) is 0 Å². The monoisotopic (exact) mass is 302 g/mol. The maximum absolute atomic E-state index is 11.9. The third-order valence-corrected chi connectivity index (χ3v) is 3.55. The van der Waals surface area contributed by atoms with E-state index in [2.05, 4.69) is 10.3 Å². The number of piperidine rings is 1. The fourth-order valence-electron chi connectivity index (χ4n) is 2.49. The molecule has 2 heterocycles. The molecule has 0 amide bonds. The van der Waals surface area contributed by atoms with E-state index in [0.29, 0.717) is 17.5 Å². The van der Waals surface area contributed by atoms with Crippen molar-refractivity contribution in [3.05, 3.63) is 30.1 Å². The van der Waals surface area contributed by atoms with Gasteiger partial charge in [-0.25, -0.2) is 4.79 Å². The number of hydrogen-bond donors (Lipinski definition) is 2. The minimum absolute atomic E-state index is 0.238. The molecule has 1 saturated heterocycles. The van der Waals surface area contributed by atoms with Crippen molar-refractivity contribution in [1.82, 2.24) is 10.3 Å². The number of nitrogens with zero attached hydrogens (tertiary/aromatic N) is 1. The molecule has 3 atom stereocenters. The van der Waals surface area contributed by atoms with Gasteiger partial charge in [0.25, 0.3) is 0 Å². The van der Waals surface area contributed by atoms with Crippen LogP contribution in [0.3, 0.4) is 0 Å². The van der Waals surface area contributed by atoms with Gasteiger partial charge in [-0.3, -0.25) is 9.78 Å². The molecule has 3 rings (SSSR count). The van der Waals surface area contributed by atoms with Gasteiger partial charge in [0.1, 0.15) is 5.69 Å². The fourth-order valence-corrected chi connectivity index (χ4v) is 2.49. The molecule has 21 heavy (non-hydrogen) atoms. The fraction of sp³-hybridized carbons (Fsp3) is 0.462. The van der Waals surface area contributed by atoms with Crippen molar-refractivity contribution in [3.8, 4) is 0 Å². The van der Waals surface area contributed by atoms with Crippen LogP contribution in [0.2, 0.25) is 0 Å². The number of carboxylic acid groups (broad SMARTS) is 1. The molecular weight excluding hydrogens is 289 g/mol. The van der Waals surface area contributed by atoms with Crippen molar-refractivity contribution in [3.63, 3.8) is 0 Å². The van der Waals surface area contributed by atoms with Crippen LogP contribution < -0.4 is 5.32 Å². The Balaban J connectivity index is 0.000000199. The second kappa shape index (κ2) is 5.80. The lowest BCUT2D eigenvalue weighted by Crippen LogP contribution is -2.21. The van der Waals surface area contributed by atoms with Gasteiger partial charge in [0, 0.05) is 12.1 Å². The molecule has 1 aliphatic heterocycles. The summed E-state index contributed by atoms with van der Waals surface area (Å²) in [5.41, 5.74) is 0.631. The molecule has 8 heteroatoms. The third-order valence-electron chi connectivity index (χ3n) is 3.55. The zero-order chi connectivity index (χ0) is 15.6. The molecule has 2 N–H and O–H groups in total. The van der Waals surface area contributed by atoms with Crippen molar-refractivity contribution >= 4 is 11.8 Å². The molecule has 0 radical (unpaired) electrons. The summed E-state index contributed by atoms with van der Waals surface area (Å²) in [5.74, 6) is -1.09. The van der Waals surface area contributed by atoms with Crippen molar-refractivity contribution in [2.75, 3.05) is 13.1 Å². The van der Waals surface area contributed by atoms with Gasteiger partial charge in [-0.05, 0) is 37.1 Å². The molecule has 1 aromatic rings. The van der Waals surface area contributed by atoms with Gasteiger partial charge in [-0.1, -0.05) is 6.07 Å². The van der Waals surface area contributed by atoms with Crippen molar-refractivity contribution in [1.29, 1.82) is 0 Å². The van der Waals surface area contributed by atoms with E-state index in [1.54, 1.807) is 6.20 Å². The number of hydrogen-bond acceptors (Lipinski definition) is 4. The highest BCUT2D eigenvalue weighted by Crippen LogP contribution is 2.49. The maximum Gasteiger partial charge on any atom is 0.490 e. The smallest absolute Gasteiger partial charge is 0.475 e. The van der Waals surface area contributed by atoms with E-state index in [0.717, 1.165) is 13.1 Å². The molecule has 1 saturated carbocycles. The zero-order valence-electron chi connectivity index (χ0n) is 10.8. The molecule has 0 bridgehead atoms. The van der Waals surface area contributed by atoms with Gasteiger partial charge >= 0.3 is 12.1 Å². The average molecular weight is 302 g/mol. The lowest BCUT2D eigenvalue weighted by Gasteiger charge is -2.02. The van der Waals surface area contributed by atoms with E-state index in [9.17, 15) is 18.0 Å². The number of ketones is 1. The molecular formula is C13H13F3N2O3. The number of aromatic nitrogens is 1. The van der Waals surface area contributed by atoms with Crippen molar-refractivity contribution in [2.24, 2.45) is 17.8 Å². The van der Waals surface area contributed by atoms with Crippen LogP contribution in [0.15, 0.2) is 24.4 Å². The first kappa shape index (κ1) is 15.4. The van der Waals surface area contributed by atoms with Crippen LogP contribution in [0.25, 0.3) is 0 Å². The zero-order valence-corrected chi connectivity index (χ0v) is 10.8. The summed E-state index contributed by atoms with van der Waals surface area (Å²) in [7, 11) is 0. The van der Waals surface area contributed by atoms with E-state index >= 15 is 0 Å². The molecule has 2 fully saturated rings. The highest BCUT2D eigenvalue weighted by Gasteiger charge is 2.56. The second-order valence-electron chi connectivity index (χ2n) is 4.89. The molecule has 1 aliphatic carbocycles. The Bertz CT molecular complexity index is 523. The van der Waals surface area contributed by atoms with Crippen LogP contribution in [-0.4, -0.2) is 41.1 Å². The number of Topliss-reactive ketones (excluding diaryl/α,β-unsaturated/α-hetero) is 1. The Morgan fingerprint density at radius 2 is 1.81 bits per heavy atom. The summed E-state index contributed by atoms with van der Waals surface area (Å²) in [6, 6.07) is 5.52. The number of carbonyl (C=O) groups is 2. The summed E-state index contributed by atoms with van der Waals surface area (Å²) in [6.07, 6.45) is -3.40. The summed E-state index contributed by atoms with van der Waals surface area (Å²) in [5, 5.41) is 10.4. The van der Waals surface area contributed by atoms with Crippen LogP contribution in [-0.2, 0) is 4.79 Å². The highest BCUT2D eigenvalue weighted by molar-refractivity contribution is 5.98. The molecule has 0 aromatic carbocycles. The summed E-state index contributed by atoms with van der Waals surface area (Å²) < 4.78 is 31.7. The lowest BCUT2D eigenvalue weighted by molar-refractivity contribution is -0.192. The summed E-state index contributed by atoms with van der Waals surface area (Å²) >= 11 is 0. The van der Waals surface area contributed by atoms with Crippen LogP contribution in [0.4, 0.5) is 13.2 Å². The normalized spacial score (nSPS) is 26.3. The molecule has 1 unspecified atom stereocenters. The Morgan fingerprint density at radius 3 is 2.24 bits per heavy atom. The summed E-state index contributed by atoms with van der Waals surface area (Å²) in [6.45, 7) is 2.02. The number of halogens is 3. The number of carbonyl (C=O) groups excluding carboxylic acids is 1. The number of fused-ring (bicyclic) bond motifs is 1. The van der Waals surface area contributed by atoms with Crippen LogP contribution in [0.1, 0.15) is 10.5 Å². The molecule has 5 nitrogen and oxygen atoms in total. The van der Waals surface area contributed by atoms with Gasteiger partial charge in [-0.15, -0.1) is 0 Å². The second-order valence-corrected chi connectivity index (χ2v) is 4.89. The average Bonchev–Trinajstić information content (AvgIpc) is 2.91. The minimum Gasteiger partial charge on any atom is -0.475 e. The van der Waals surface area contributed by atoms with Gasteiger partial charge in [0.2, 0.25) is 0 Å². The Morgan fingerprint density at radius 1 is 1.24 bits per heavy atom. The number of rotatable bonds is 2. The molecule has 1 aromatic heterocycles. The summed E-state index contributed by atoms with van der Waals surface area (Å²) in [4.78, 5) is 24.9. The Hall–Kier alpha value is -1.96. The number of nitrogens with one attached hydrogen (secondary N) is 1. The van der Waals surface area contributed by atoms with Gasteiger partial charge in [0.15, 0.2) is 5.78 Å². The highest BCUT2D eigenvalue weighted by atomic mass is 19.4. The third kappa shape index (κ3) is 3.57. The predicted octanol–water partition coefficient (Wildman–Crippen LogP) is 1.36. The quantitative estimate of drug-likeness (QED) is 0.807. The number of aliphatic carboxylic acids is 1. The number of pyridine rings is 1. The first-order valence-electron chi connectivity index (χ1n) is 6.28. The Labute approximate surface area is 118 Å². The molecule has 2 aliphatic rings. The number of carboxylic acids is 1. The first-order chi connectivity index (χ1) is 9.82. The maximum atomic E-state index is 11.9. The van der Waals surface area contributed by atoms with E-state index in [-0.39, 0.29) is 11.7 Å². The topological polar surface area (TPSA) is 79.3 Å². The van der Waals surface area contributed by atoms with Crippen LogP contribution >= 0.6 is 0 Å².